The molecule has 0 radical (unpaired) electrons. The molecule has 0 aliphatic carbocycles. The first-order valence-corrected chi connectivity index (χ1v) is 4.18. The van der Waals surface area contributed by atoms with E-state index >= 15 is 0 Å². The molecule has 0 aromatic rings. The van der Waals surface area contributed by atoms with E-state index < -0.39 is 17.4 Å². The number of carboxylic acids is 1. The summed E-state index contributed by atoms with van der Waals surface area (Å²) < 4.78 is 0. The predicted octanol–water partition coefficient (Wildman–Crippen LogP) is 0.964. The Kier molecular flexibility index (Phi) is 3.46. The van der Waals surface area contributed by atoms with Crippen molar-refractivity contribution in [1.29, 1.82) is 0 Å². The van der Waals surface area contributed by atoms with Gasteiger partial charge in [0.25, 0.3) is 0 Å². The number of aliphatic carboxylic acids is 1. The fourth-order valence-electron chi connectivity index (χ4n) is 0.871. The molecule has 0 aliphatic heterocycles. The zero-order valence-electron chi connectivity index (χ0n) is 8.79. The van der Waals surface area contributed by atoms with Crippen LogP contribution in [0.5, 0.6) is 0 Å². The number of likely N-dealkylation sites (N-methyl/N-ethyl adjacent to an activating group) is 1. The van der Waals surface area contributed by atoms with E-state index in [4.69, 9.17) is 5.11 Å². The minimum Gasteiger partial charge on any atom is -0.480 e. The molecule has 0 bridgehead atoms. The van der Waals surface area contributed by atoms with Crippen molar-refractivity contribution in [2.45, 2.75) is 33.7 Å². The first-order valence-electron chi connectivity index (χ1n) is 4.18. The number of rotatable bonds is 2. The van der Waals surface area contributed by atoms with E-state index in [-0.39, 0.29) is 5.91 Å². The van der Waals surface area contributed by atoms with Gasteiger partial charge in [-0.25, -0.2) is 4.79 Å². The summed E-state index contributed by atoms with van der Waals surface area (Å²) in [5.74, 6) is -1.15. The largest absolute Gasteiger partial charge is 0.480 e. The fraction of sp³-hybridized carbons (Fsp3) is 0.778. The third-order valence-corrected chi connectivity index (χ3v) is 1.90. The van der Waals surface area contributed by atoms with Gasteiger partial charge in [-0.05, 0) is 6.92 Å². The lowest BCUT2D eigenvalue weighted by atomic mass is 9.94. The van der Waals surface area contributed by atoms with Gasteiger partial charge in [0, 0.05) is 12.5 Å². The molecular weight excluding hydrogens is 170 g/mol. The van der Waals surface area contributed by atoms with Crippen molar-refractivity contribution in [3.8, 4) is 0 Å². The molecule has 0 rings (SSSR count). The average Bonchev–Trinajstić information content (AvgIpc) is 1.98. The highest BCUT2D eigenvalue weighted by Crippen LogP contribution is 2.17. The smallest absolute Gasteiger partial charge is 0.326 e. The van der Waals surface area contributed by atoms with Crippen LogP contribution >= 0.6 is 0 Å². The highest BCUT2D eigenvalue weighted by molar-refractivity contribution is 5.86. The van der Waals surface area contributed by atoms with E-state index in [1.807, 2.05) is 0 Å². The zero-order chi connectivity index (χ0) is 10.8. The van der Waals surface area contributed by atoms with Crippen molar-refractivity contribution in [3.63, 3.8) is 0 Å². The number of carboxylic acid groups (broad SMARTS) is 1. The van der Waals surface area contributed by atoms with Gasteiger partial charge in [-0.1, -0.05) is 20.8 Å². The molecule has 76 valence electrons. The van der Waals surface area contributed by atoms with Crippen molar-refractivity contribution < 1.29 is 14.7 Å². The van der Waals surface area contributed by atoms with Crippen LogP contribution in [0.15, 0.2) is 0 Å². The molecule has 0 fully saturated rings. The number of carbonyl (C=O) groups is 2. The second kappa shape index (κ2) is 3.77. The van der Waals surface area contributed by atoms with Crippen LogP contribution in [0.4, 0.5) is 0 Å². The molecule has 0 aromatic carbocycles. The maximum absolute atomic E-state index is 11.6. The molecule has 0 aliphatic rings. The van der Waals surface area contributed by atoms with Gasteiger partial charge in [-0.15, -0.1) is 0 Å². The molecule has 4 heteroatoms. The number of nitrogens with zero attached hydrogens (tertiary/aromatic N) is 1. The number of amides is 1. The van der Waals surface area contributed by atoms with E-state index in [0.29, 0.717) is 0 Å². The SMILES string of the molecule is C[C@H](C(=O)O)N(C)C(=O)C(C)(C)C. The zero-order valence-corrected chi connectivity index (χ0v) is 8.79. The Labute approximate surface area is 78.5 Å². The third kappa shape index (κ3) is 3.05. The summed E-state index contributed by atoms with van der Waals surface area (Å²) in [7, 11) is 1.51. The molecule has 0 aromatic heterocycles. The Bertz CT molecular complexity index is 217. The topological polar surface area (TPSA) is 57.6 Å². The van der Waals surface area contributed by atoms with Gasteiger partial charge < -0.3 is 10.0 Å². The van der Waals surface area contributed by atoms with Crippen LogP contribution in [0.3, 0.4) is 0 Å². The van der Waals surface area contributed by atoms with Gasteiger partial charge in [0.05, 0.1) is 0 Å². The van der Waals surface area contributed by atoms with Gasteiger partial charge in [0.1, 0.15) is 6.04 Å². The summed E-state index contributed by atoms with van der Waals surface area (Å²) in [4.78, 5) is 23.4. The van der Waals surface area contributed by atoms with Crippen LogP contribution < -0.4 is 0 Å². The van der Waals surface area contributed by atoms with Crippen LogP contribution in [0, 0.1) is 5.41 Å². The molecule has 0 spiro atoms. The van der Waals surface area contributed by atoms with Gasteiger partial charge in [0.2, 0.25) is 5.91 Å². The van der Waals surface area contributed by atoms with Crippen LogP contribution in [0.25, 0.3) is 0 Å². The second-order valence-corrected chi connectivity index (χ2v) is 4.18. The van der Waals surface area contributed by atoms with Crippen molar-refractivity contribution in [3.05, 3.63) is 0 Å². The van der Waals surface area contributed by atoms with Crippen LogP contribution in [-0.2, 0) is 9.59 Å². The number of hydrogen-bond donors (Lipinski definition) is 1. The Balaban J connectivity index is 4.53. The maximum atomic E-state index is 11.6. The Hall–Kier alpha value is -1.06. The van der Waals surface area contributed by atoms with Crippen molar-refractivity contribution >= 4 is 11.9 Å². The highest BCUT2D eigenvalue weighted by atomic mass is 16.4. The van der Waals surface area contributed by atoms with Gasteiger partial charge in [-0.3, -0.25) is 4.79 Å². The van der Waals surface area contributed by atoms with E-state index in [9.17, 15) is 9.59 Å². The lowest BCUT2D eigenvalue weighted by molar-refractivity contribution is -0.151. The molecule has 0 saturated heterocycles. The molecule has 1 amide bonds. The number of hydrogen-bond acceptors (Lipinski definition) is 2. The summed E-state index contributed by atoms with van der Waals surface area (Å²) in [5, 5.41) is 8.67. The van der Waals surface area contributed by atoms with Crippen LogP contribution in [-0.4, -0.2) is 35.0 Å². The minimum absolute atomic E-state index is 0.164. The van der Waals surface area contributed by atoms with Crippen LogP contribution in [0.1, 0.15) is 27.7 Å². The molecule has 1 N–H and O–H groups in total. The summed E-state index contributed by atoms with van der Waals surface area (Å²) in [6.45, 7) is 6.78. The van der Waals surface area contributed by atoms with Crippen molar-refractivity contribution in [2.75, 3.05) is 7.05 Å². The molecule has 0 heterocycles. The molecule has 0 saturated carbocycles. The van der Waals surface area contributed by atoms with Crippen molar-refractivity contribution in [2.24, 2.45) is 5.41 Å². The van der Waals surface area contributed by atoms with E-state index in [1.54, 1.807) is 20.8 Å². The van der Waals surface area contributed by atoms with Crippen molar-refractivity contribution in [1.82, 2.24) is 4.90 Å². The predicted molar refractivity (Wildman–Crippen MR) is 49.3 cm³/mol. The summed E-state index contributed by atoms with van der Waals surface area (Å²) in [6.07, 6.45) is 0. The number of carbonyl (C=O) groups excluding carboxylic acids is 1. The maximum Gasteiger partial charge on any atom is 0.326 e. The Morgan fingerprint density at radius 3 is 1.92 bits per heavy atom. The molecule has 1 atom stereocenters. The normalized spacial score (nSPS) is 13.6. The average molecular weight is 187 g/mol. The standard InChI is InChI=1S/C9H17NO3/c1-6(7(11)12)10(5)8(13)9(2,3)4/h6H,1-5H3,(H,11,12)/t6-/m1/s1. The summed E-state index contributed by atoms with van der Waals surface area (Å²) in [6, 6.07) is -0.772. The van der Waals surface area contributed by atoms with Crippen LogP contribution in [0.2, 0.25) is 0 Å². The lowest BCUT2D eigenvalue weighted by Crippen LogP contribution is -2.45. The molecule has 0 unspecified atom stereocenters. The Morgan fingerprint density at radius 2 is 1.69 bits per heavy atom. The second-order valence-electron chi connectivity index (χ2n) is 4.18. The highest BCUT2D eigenvalue weighted by Gasteiger charge is 2.30. The molecule has 4 nitrogen and oxygen atoms in total. The minimum atomic E-state index is -0.986. The molecular formula is C9H17NO3. The first-order chi connectivity index (χ1) is 5.68. The quantitative estimate of drug-likeness (QED) is 0.700. The fourth-order valence-corrected chi connectivity index (χ4v) is 0.871. The van der Waals surface area contributed by atoms with E-state index in [0.717, 1.165) is 0 Å². The van der Waals surface area contributed by atoms with Gasteiger partial charge in [-0.2, -0.15) is 0 Å². The monoisotopic (exact) mass is 187 g/mol. The van der Waals surface area contributed by atoms with Gasteiger partial charge >= 0.3 is 5.97 Å². The van der Waals surface area contributed by atoms with E-state index in [2.05, 4.69) is 0 Å². The molecule has 13 heavy (non-hydrogen) atoms. The van der Waals surface area contributed by atoms with Gasteiger partial charge in [0.15, 0.2) is 0 Å². The summed E-state index contributed by atoms with van der Waals surface area (Å²) in [5.41, 5.74) is -0.529. The summed E-state index contributed by atoms with van der Waals surface area (Å²) >= 11 is 0. The lowest BCUT2D eigenvalue weighted by Gasteiger charge is -2.28. The third-order valence-electron chi connectivity index (χ3n) is 1.90. The first kappa shape index (κ1) is 11.9. The Morgan fingerprint density at radius 1 is 1.31 bits per heavy atom. The van der Waals surface area contributed by atoms with E-state index in [1.165, 1.54) is 18.9 Å².